The summed E-state index contributed by atoms with van der Waals surface area (Å²) in [5.41, 5.74) is 4.62. The van der Waals surface area contributed by atoms with Crippen molar-refractivity contribution in [2.45, 2.75) is 78.3 Å². The van der Waals surface area contributed by atoms with Gasteiger partial charge in [-0.3, -0.25) is 9.59 Å². The minimum atomic E-state index is -0.00190. The van der Waals surface area contributed by atoms with Gasteiger partial charge in [0.05, 0.1) is 12.1 Å². The van der Waals surface area contributed by atoms with Gasteiger partial charge >= 0.3 is 0 Å². The number of nitrogens with one attached hydrogen (secondary N) is 2. The van der Waals surface area contributed by atoms with Crippen LogP contribution in [0, 0.1) is 37.5 Å². The van der Waals surface area contributed by atoms with Crippen LogP contribution < -0.4 is 10.6 Å². The summed E-state index contributed by atoms with van der Waals surface area (Å²) in [6, 6.07) is 16.4. The van der Waals surface area contributed by atoms with E-state index in [1.165, 1.54) is 11.1 Å². The van der Waals surface area contributed by atoms with Crippen molar-refractivity contribution in [1.29, 1.82) is 0 Å². The summed E-state index contributed by atoms with van der Waals surface area (Å²) < 4.78 is 0. The van der Waals surface area contributed by atoms with E-state index in [-0.39, 0.29) is 23.9 Å². The molecule has 2 rings (SSSR count). The fourth-order valence-corrected chi connectivity index (χ4v) is 3.39. The number of amides is 2. The van der Waals surface area contributed by atoms with E-state index in [0.717, 1.165) is 11.1 Å². The Morgan fingerprint density at radius 3 is 1.38 bits per heavy atom. The first-order valence-electron chi connectivity index (χ1n) is 12.0. The van der Waals surface area contributed by atoms with Gasteiger partial charge in [-0.05, 0) is 63.5 Å². The van der Waals surface area contributed by atoms with Crippen molar-refractivity contribution in [3.05, 3.63) is 70.8 Å². The molecule has 178 valence electrons. The van der Waals surface area contributed by atoms with Gasteiger partial charge in [-0.1, -0.05) is 71.5 Å². The normalized spacial score (nSPS) is 11.8. The Labute approximate surface area is 204 Å². The van der Waals surface area contributed by atoms with Gasteiger partial charge in [0.15, 0.2) is 0 Å². The highest BCUT2D eigenvalue weighted by Gasteiger charge is 2.09. The van der Waals surface area contributed by atoms with Gasteiger partial charge in [-0.2, -0.15) is 0 Å². The van der Waals surface area contributed by atoms with E-state index in [1.54, 1.807) is 0 Å². The summed E-state index contributed by atoms with van der Waals surface area (Å²) >= 11 is 0. The van der Waals surface area contributed by atoms with Crippen molar-refractivity contribution < 1.29 is 9.59 Å². The first-order valence-corrected chi connectivity index (χ1v) is 12.0. The molecule has 0 aromatic heterocycles. The summed E-state index contributed by atoms with van der Waals surface area (Å²) in [6.07, 6.45) is 3.60. The molecule has 2 aromatic rings. The fraction of sp³-hybridized carbons (Fsp3) is 0.400. The van der Waals surface area contributed by atoms with Crippen molar-refractivity contribution in [2.24, 2.45) is 0 Å². The number of carbonyl (C=O) groups is 2. The Kier molecular flexibility index (Phi) is 11.5. The Morgan fingerprint density at radius 2 is 1.03 bits per heavy atom. The standard InChI is InChI=1S/C30H36N2O2/c1-23-15-19-27(20-16-23)25(3)31-29(33)13-11-9-7-5-6-8-10-12-14-30(34)32-26(4)28-21-17-24(2)18-22-28/h15-22,25-26H,9-14H2,1-4H3,(H,31,33)(H,32,34)/t25-,26-/m1/s1. The van der Waals surface area contributed by atoms with Crippen molar-refractivity contribution in [3.8, 4) is 23.7 Å². The molecule has 4 heteroatoms. The number of hydrogen-bond donors (Lipinski definition) is 2. The monoisotopic (exact) mass is 456 g/mol. The SMILES string of the molecule is Cc1ccc([C@@H](C)NC(=O)CCCC#CC#CCCCC(=O)N[C@H](C)c2ccc(C)cc2)cc1. The lowest BCUT2D eigenvalue weighted by atomic mass is 10.1. The summed E-state index contributed by atoms with van der Waals surface area (Å²) in [4.78, 5) is 24.2. The molecule has 0 spiro atoms. The third kappa shape index (κ3) is 10.4. The van der Waals surface area contributed by atoms with Crippen LogP contribution in [0.15, 0.2) is 48.5 Å². The molecule has 34 heavy (non-hydrogen) atoms. The Morgan fingerprint density at radius 1 is 0.676 bits per heavy atom. The van der Waals surface area contributed by atoms with E-state index >= 15 is 0 Å². The number of rotatable bonds is 10. The minimum absolute atomic E-state index is 0.00190. The van der Waals surface area contributed by atoms with Crippen LogP contribution in [0.4, 0.5) is 0 Å². The third-order valence-corrected chi connectivity index (χ3v) is 5.56. The van der Waals surface area contributed by atoms with Gasteiger partial charge in [-0.25, -0.2) is 0 Å². The molecular formula is C30H36N2O2. The second-order valence-corrected chi connectivity index (χ2v) is 8.71. The molecule has 2 atom stereocenters. The highest BCUT2D eigenvalue weighted by Crippen LogP contribution is 2.14. The lowest BCUT2D eigenvalue weighted by Crippen LogP contribution is -2.26. The number of benzene rings is 2. The Hall–Kier alpha value is -3.50. The Balaban J connectivity index is 1.55. The van der Waals surface area contributed by atoms with Crippen LogP contribution in [-0.2, 0) is 9.59 Å². The minimum Gasteiger partial charge on any atom is -0.350 e. The zero-order chi connectivity index (χ0) is 24.8. The summed E-state index contributed by atoms with van der Waals surface area (Å²) in [7, 11) is 0. The molecule has 0 fully saturated rings. The predicted molar refractivity (Wildman–Crippen MR) is 139 cm³/mol. The van der Waals surface area contributed by atoms with Crippen LogP contribution in [0.2, 0.25) is 0 Å². The molecule has 0 aliphatic rings. The molecule has 0 heterocycles. The van der Waals surface area contributed by atoms with Crippen LogP contribution >= 0.6 is 0 Å². The highest BCUT2D eigenvalue weighted by molar-refractivity contribution is 5.76. The third-order valence-electron chi connectivity index (χ3n) is 5.56. The quantitative estimate of drug-likeness (QED) is 0.356. The molecule has 0 bridgehead atoms. The summed E-state index contributed by atoms with van der Waals surface area (Å²) in [5, 5.41) is 6.05. The maximum Gasteiger partial charge on any atom is 0.220 e. The smallest absolute Gasteiger partial charge is 0.220 e. The number of aryl methyl sites for hydroxylation is 2. The second-order valence-electron chi connectivity index (χ2n) is 8.71. The number of hydrogen-bond acceptors (Lipinski definition) is 2. The second kappa shape index (κ2) is 14.6. The lowest BCUT2D eigenvalue weighted by molar-refractivity contribution is -0.122. The van der Waals surface area contributed by atoms with Crippen molar-refractivity contribution in [2.75, 3.05) is 0 Å². The predicted octanol–water partition coefficient (Wildman–Crippen LogP) is 5.71. The van der Waals surface area contributed by atoms with Gasteiger partial charge in [0.1, 0.15) is 0 Å². The lowest BCUT2D eigenvalue weighted by Gasteiger charge is -2.14. The zero-order valence-corrected chi connectivity index (χ0v) is 20.8. The van der Waals surface area contributed by atoms with Crippen molar-refractivity contribution in [1.82, 2.24) is 10.6 Å². The van der Waals surface area contributed by atoms with E-state index in [9.17, 15) is 9.59 Å². The van der Waals surface area contributed by atoms with E-state index in [0.29, 0.717) is 38.5 Å². The first-order chi connectivity index (χ1) is 16.3. The average Bonchev–Trinajstić information content (AvgIpc) is 2.81. The van der Waals surface area contributed by atoms with Crippen LogP contribution in [0.3, 0.4) is 0 Å². The van der Waals surface area contributed by atoms with Crippen molar-refractivity contribution in [3.63, 3.8) is 0 Å². The molecular weight excluding hydrogens is 420 g/mol. The zero-order valence-electron chi connectivity index (χ0n) is 20.8. The van der Waals surface area contributed by atoms with Gasteiger partial charge in [0.25, 0.3) is 0 Å². The number of unbranched alkanes of at least 4 members (excludes halogenated alkanes) is 2. The average molecular weight is 457 g/mol. The van der Waals surface area contributed by atoms with Crippen LogP contribution in [0.1, 0.15) is 86.7 Å². The van der Waals surface area contributed by atoms with Gasteiger partial charge in [0, 0.05) is 25.7 Å². The highest BCUT2D eigenvalue weighted by atomic mass is 16.2. The molecule has 4 nitrogen and oxygen atoms in total. The van der Waals surface area contributed by atoms with Crippen LogP contribution in [0.5, 0.6) is 0 Å². The molecule has 0 aliphatic heterocycles. The maximum absolute atomic E-state index is 12.1. The summed E-state index contributed by atoms with van der Waals surface area (Å²) in [6.45, 7) is 8.08. The molecule has 2 aromatic carbocycles. The van der Waals surface area contributed by atoms with Crippen molar-refractivity contribution >= 4 is 11.8 Å². The van der Waals surface area contributed by atoms with E-state index < -0.39 is 0 Å². The Bertz CT molecular complexity index is 960. The van der Waals surface area contributed by atoms with Gasteiger partial charge < -0.3 is 10.6 Å². The molecule has 2 N–H and O–H groups in total. The molecule has 0 saturated carbocycles. The fourth-order valence-electron chi connectivity index (χ4n) is 3.39. The molecule has 0 radical (unpaired) electrons. The maximum atomic E-state index is 12.1. The largest absolute Gasteiger partial charge is 0.350 e. The van der Waals surface area contributed by atoms with Gasteiger partial charge in [-0.15, -0.1) is 0 Å². The van der Waals surface area contributed by atoms with Gasteiger partial charge in [0.2, 0.25) is 11.8 Å². The number of carbonyl (C=O) groups excluding carboxylic acids is 2. The molecule has 0 unspecified atom stereocenters. The topological polar surface area (TPSA) is 58.2 Å². The van der Waals surface area contributed by atoms with Crippen LogP contribution in [0.25, 0.3) is 0 Å². The molecule has 2 amide bonds. The van der Waals surface area contributed by atoms with Crippen LogP contribution in [-0.4, -0.2) is 11.8 Å². The van der Waals surface area contributed by atoms with E-state index in [1.807, 2.05) is 52.0 Å². The summed E-state index contributed by atoms with van der Waals surface area (Å²) in [5.74, 6) is 11.7. The van der Waals surface area contributed by atoms with E-state index in [4.69, 9.17) is 0 Å². The van der Waals surface area contributed by atoms with E-state index in [2.05, 4.69) is 58.6 Å². The molecule has 0 aliphatic carbocycles. The molecule has 0 saturated heterocycles. The first kappa shape index (κ1) is 26.7.